The number of carbonyl (C=O) groups is 1. The molecule has 6 heteroatoms. The van der Waals surface area contributed by atoms with Gasteiger partial charge in [0, 0.05) is 6.42 Å². The van der Waals surface area contributed by atoms with Crippen molar-refractivity contribution in [2.24, 2.45) is 0 Å². The van der Waals surface area contributed by atoms with Gasteiger partial charge < -0.3 is 5.11 Å². The van der Waals surface area contributed by atoms with Crippen molar-refractivity contribution in [3.63, 3.8) is 0 Å². The van der Waals surface area contributed by atoms with Crippen LogP contribution >= 0.6 is 0 Å². The Morgan fingerprint density at radius 2 is 2.19 bits per heavy atom. The lowest BCUT2D eigenvalue weighted by Gasteiger charge is -2.21. The molecular formula is C10H10O5S. The molecular weight excluding hydrogens is 232 g/mol. The highest BCUT2D eigenvalue weighted by atomic mass is 32.2. The molecule has 2 bridgehead atoms. The quantitative estimate of drug-likeness (QED) is 0.736. The van der Waals surface area contributed by atoms with E-state index in [1.807, 2.05) is 0 Å². The Balaban J connectivity index is 2.62. The molecule has 1 N–H and O–H groups in total. The van der Waals surface area contributed by atoms with Crippen LogP contribution in [-0.2, 0) is 25.5 Å². The molecule has 1 atom stereocenters. The molecule has 0 spiro atoms. The molecule has 1 aromatic carbocycles. The molecule has 86 valence electrons. The fourth-order valence-electron chi connectivity index (χ4n) is 1.63. The number of benzene rings is 1. The number of rotatable bonds is 1. The van der Waals surface area contributed by atoms with Crippen molar-refractivity contribution in [3.05, 3.63) is 29.8 Å². The van der Waals surface area contributed by atoms with Gasteiger partial charge in [-0.05, 0) is 24.6 Å². The Labute approximate surface area is 92.8 Å². The van der Waals surface area contributed by atoms with E-state index in [1.54, 1.807) is 12.1 Å². The maximum atomic E-state index is 11.7. The van der Waals surface area contributed by atoms with E-state index in [-0.39, 0.29) is 11.3 Å². The Morgan fingerprint density at radius 3 is 2.81 bits per heavy atom. The second kappa shape index (κ2) is 3.29. The van der Waals surface area contributed by atoms with E-state index in [1.165, 1.54) is 19.1 Å². The summed E-state index contributed by atoms with van der Waals surface area (Å²) in [5.41, 5.74) is -1.11. The van der Waals surface area contributed by atoms with E-state index in [0.29, 0.717) is 5.56 Å². The number of hydrogen-bond donors (Lipinski definition) is 1. The van der Waals surface area contributed by atoms with Gasteiger partial charge in [-0.2, -0.15) is 8.42 Å². The summed E-state index contributed by atoms with van der Waals surface area (Å²) in [4.78, 5) is 11.0. The van der Waals surface area contributed by atoms with Gasteiger partial charge in [-0.15, -0.1) is 0 Å². The van der Waals surface area contributed by atoms with Crippen molar-refractivity contribution < 1.29 is 22.5 Å². The third kappa shape index (κ3) is 1.70. The van der Waals surface area contributed by atoms with Gasteiger partial charge in [0.15, 0.2) is 5.60 Å². The van der Waals surface area contributed by atoms with Crippen LogP contribution in [0.15, 0.2) is 29.2 Å². The number of aliphatic carboxylic acids is 1. The predicted molar refractivity (Wildman–Crippen MR) is 54.5 cm³/mol. The molecule has 1 heterocycles. The lowest BCUT2D eigenvalue weighted by molar-refractivity contribution is -0.153. The van der Waals surface area contributed by atoms with Gasteiger partial charge in [-0.1, -0.05) is 12.1 Å². The first kappa shape index (κ1) is 11.1. The van der Waals surface area contributed by atoms with E-state index < -0.39 is 21.7 Å². The highest BCUT2D eigenvalue weighted by Gasteiger charge is 2.42. The van der Waals surface area contributed by atoms with Gasteiger partial charge in [-0.25, -0.2) is 8.98 Å². The molecule has 16 heavy (non-hydrogen) atoms. The third-order valence-corrected chi connectivity index (χ3v) is 3.89. The molecule has 0 aliphatic carbocycles. The van der Waals surface area contributed by atoms with Crippen molar-refractivity contribution in [1.29, 1.82) is 0 Å². The molecule has 0 saturated heterocycles. The van der Waals surface area contributed by atoms with Gasteiger partial charge in [0.25, 0.3) is 10.1 Å². The smallest absolute Gasteiger partial charge is 0.337 e. The average Bonchev–Trinajstić information content (AvgIpc) is 2.22. The second-order valence-corrected chi connectivity index (χ2v) is 5.44. The summed E-state index contributed by atoms with van der Waals surface area (Å²) in [5.74, 6) is -1.29. The number of carboxylic acids is 1. The van der Waals surface area contributed by atoms with Gasteiger partial charge in [0.2, 0.25) is 0 Å². The monoisotopic (exact) mass is 242 g/mol. The molecule has 1 unspecified atom stereocenters. The third-order valence-electron chi connectivity index (χ3n) is 2.47. The normalized spacial score (nSPS) is 27.1. The maximum absolute atomic E-state index is 11.7. The summed E-state index contributed by atoms with van der Waals surface area (Å²) < 4.78 is 28.2. The lowest BCUT2D eigenvalue weighted by atomic mass is 9.97. The molecule has 0 amide bonds. The van der Waals surface area contributed by atoms with E-state index >= 15 is 0 Å². The van der Waals surface area contributed by atoms with Crippen LogP contribution in [0.5, 0.6) is 0 Å². The summed E-state index contributed by atoms with van der Waals surface area (Å²) in [6, 6.07) is 6.06. The first-order valence-corrected chi connectivity index (χ1v) is 6.02. The van der Waals surface area contributed by atoms with Crippen LogP contribution in [0.3, 0.4) is 0 Å². The minimum atomic E-state index is -3.99. The van der Waals surface area contributed by atoms with Crippen LogP contribution in [0.2, 0.25) is 0 Å². The van der Waals surface area contributed by atoms with Crippen LogP contribution in [0.4, 0.5) is 0 Å². The van der Waals surface area contributed by atoms with Crippen LogP contribution in [-0.4, -0.2) is 25.1 Å². The molecule has 1 aliphatic heterocycles. The fourth-order valence-corrected chi connectivity index (χ4v) is 2.88. The van der Waals surface area contributed by atoms with E-state index in [9.17, 15) is 13.2 Å². The van der Waals surface area contributed by atoms with E-state index in [4.69, 9.17) is 9.29 Å². The summed E-state index contributed by atoms with van der Waals surface area (Å²) in [6.07, 6.45) is 0.0232. The Bertz CT molecular complexity index is 548. The van der Waals surface area contributed by atoms with Crippen LogP contribution in [0.25, 0.3) is 0 Å². The van der Waals surface area contributed by atoms with Crippen molar-refractivity contribution in [2.45, 2.75) is 23.8 Å². The topological polar surface area (TPSA) is 80.7 Å². The number of hydrogen-bond acceptors (Lipinski definition) is 4. The van der Waals surface area contributed by atoms with Crippen LogP contribution < -0.4 is 0 Å². The molecule has 1 aromatic rings. The summed E-state index contributed by atoms with van der Waals surface area (Å²) in [7, 11) is -3.99. The zero-order valence-electron chi connectivity index (χ0n) is 8.50. The molecule has 0 fully saturated rings. The summed E-state index contributed by atoms with van der Waals surface area (Å²) in [5, 5.41) is 9.01. The Kier molecular flexibility index (Phi) is 2.28. The van der Waals surface area contributed by atoms with E-state index in [2.05, 4.69) is 0 Å². The average molecular weight is 242 g/mol. The van der Waals surface area contributed by atoms with Gasteiger partial charge in [-0.3, -0.25) is 0 Å². The number of carboxylic acid groups (broad SMARTS) is 1. The van der Waals surface area contributed by atoms with Crippen molar-refractivity contribution in [2.75, 3.05) is 0 Å². The molecule has 1 aliphatic rings. The zero-order valence-corrected chi connectivity index (χ0v) is 9.32. The Hall–Kier alpha value is -1.40. The molecule has 2 rings (SSSR count). The SMILES string of the molecule is CC1(C(=O)O)Cc2cccc(c2)S(=O)(=O)O1. The predicted octanol–water partition coefficient (Wildman–Crippen LogP) is 0.791. The Morgan fingerprint density at radius 1 is 1.50 bits per heavy atom. The summed E-state index contributed by atoms with van der Waals surface area (Å²) >= 11 is 0. The van der Waals surface area contributed by atoms with Gasteiger partial charge >= 0.3 is 5.97 Å². The number of fused-ring (bicyclic) bond motifs is 2. The maximum Gasteiger partial charge on any atom is 0.337 e. The molecule has 5 nitrogen and oxygen atoms in total. The van der Waals surface area contributed by atoms with Gasteiger partial charge in [0.1, 0.15) is 0 Å². The highest BCUT2D eigenvalue weighted by Crippen LogP contribution is 2.29. The van der Waals surface area contributed by atoms with Crippen molar-refractivity contribution >= 4 is 16.1 Å². The first-order chi connectivity index (χ1) is 7.33. The molecule has 0 saturated carbocycles. The molecule has 0 aromatic heterocycles. The first-order valence-electron chi connectivity index (χ1n) is 4.61. The zero-order chi connectivity index (χ0) is 12.0. The van der Waals surface area contributed by atoms with Crippen LogP contribution in [0.1, 0.15) is 12.5 Å². The van der Waals surface area contributed by atoms with Crippen LogP contribution in [0, 0.1) is 0 Å². The lowest BCUT2D eigenvalue weighted by Crippen LogP contribution is -2.41. The van der Waals surface area contributed by atoms with Gasteiger partial charge in [0.05, 0.1) is 4.90 Å². The van der Waals surface area contributed by atoms with Crippen molar-refractivity contribution in [1.82, 2.24) is 0 Å². The minimum Gasteiger partial charge on any atom is -0.479 e. The highest BCUT2D eigenvalue weighted by molar-refractivity contribution is 7.86. The second-order valence-electron chi connectivity index (χ2n) is 3.90. The standard InChI is InChI=1S/C10H10O5S/c1-10(9(11)12)6-7-3-2-4-8(5-7)16(13,14)15-10/h2-5H,6H2,1H3,(H,11,12). The summed E-state index contributed by atoms with van der Waals surface area (Å²) in [6.45, 7) is 1.25. The van der Waals surface area contributed by atoms with E-state index in [0.717, 1.165) is 0 Å². The fraction of sp³-hybridized carbons (Fsp3) is 0.300. The minimum absolute atomic E-state index is 0.00465. The molecule has 0 radical (unpaired) electrons. The largest absolute Gasteiger partial charge is 0.479 e. The van der Waals surface area contributed by atoms with Crippen molar-refractivity contribution in [3.8, 4) is 0 Å².